The molecule has 1 radical (unpaired) electrons. The topological polar surface area (TPSA) is 12.0 Å². The van der Waals surface area contributed by atoms with Crippen LogP contribution in [0.25, 0.3) is 0 Å². The summed E-state index contributed by atoms with van der Waals surface area (Å²) in [6.45, 7) is 1.16. The van der Waals surface area contributed by atoms with Gasteiger partial charge in [-0.1, -0.05) is 12.8 Å². The second kappa shape index (κ2) is 2.30. The molecule has 1 aliphatic heterocycles. The van der Waals surface area contributed by atoms with Gasteiger partial charge in [-0.2, -0.15) is 0 Å². The summed E-state index contributed by atoms with van der Waals surface area (Å²) < 4.78 is 0. The minimum Gasteiger partial charge on any atom is -0.313 e. The largest absolute Gasteiger partial charge is 0.313 e. The Bertz CT molecular complexity index is 88.7. The van der Waals surface area contributed by atoms with Crippen molar-refractivity contribution >= 4 is 0 Å². The molecule has 0 aromatic heterocycles. The lowest BCUT2D eigenvalue weighted by Crippen LogP contribution is -2.29. The molecule has 1 N–H and O–H groups in total. The van der Waals surface area contributed by atoms with Crippen molar-refractivity contribution in [3.8, 4) is 0 Å². The summed E-state index contributed by atoms with van der Waals surface area (Å²) in [5, 5.41) is 3.50. The first-order valence-electron chi connectivity index (χ1n) is 4.03. The van der Waals surface area contributed by atoms with E-state index in [0.29, 0.717) is 0 Å². The van der Waals surface area contributed by atoms with Gasteiger partial charge in [-0.05, 0) is 31.7 Å². The monoisotopic (exact) mass is 124 g/mol. The first-order chi connectivity index (χ1) is 4.47. The first-order valence-corrected chi connectivity index (χ1v) is 4.03. The lowest BCUT2D eigenvalue weighted by molar-refractivity contribution is 0.348. The highest BCUT2D eigenvalue weighted by molar-refractivity contribution is 4.97. The van der Waals surface area contributed by atoms with Crippen molar-refractivity contribution in [1.82, 2.24) is 5.32 Å². The molecule has 0 amide bonds. The van der Waals surface area contributed by atoms with E-state index in [1.807, 2.05) is 0 Å². The summed E-state index contributed by atoms with van der Waals surface area (Å²) in [6, 6.07) is 0.860. The van der Waals surface area contributed by atoms with Crippen molar-refractivity contribution in [2.24, 2.45) is 5.92 Å². The SMILES string of the molecule is [CH]1CNC2CCCCC12. The number of hydrogen-bond acceptors (Lipinski definition) is 1. The predicted octanol–water partition coefficient (Wildman–Crippen LogP) is 1.35. The molecule has 2 fully saturated rings. The minimum atomic E-state index is 0.860. The molecule has 0 aromatic carbocycles. The Morgan fingerprint density at radius 1 is 1.22 bits per heavy atom. The van der Waals surface area contributed by atoms with Gasteiger partial charge in [0.1, 0.15) is 0 Å². The Morgan fingerprint density at radius 3 is 3.00 bits per heavy atom. The van der Waals surface area contributed by atoms with E-state index in [-0.39, 0.29) is 0 Å². The zero-order valence-corrected chi connectivity index (χ0v) is 5.77. The molecule has 2 atom stereocenters. The van der Waals surface area contributed by atoms with Gasteiger partial charge in [0.15, 0.2) is 0 Å². The summed E-state index contributed by atoms with van der Waals surface area (Å²) in [6.07, 6.45) is 8.21. The standard InChI is InChI=1S/C8H14N/c1-2-4-8-7(3-1)5-6-9-8/h5,7-9H,1-4,6H2. The van der Waals surface area contributed by atoms with E-state index in [1.165, 1.54) is 25.7 Å². The zero-order valence-electron chi connectivity index (χ0n) is 5.77. The quantitative estimate of drug-likeness (QED) is 0.514. The van der Waals surface area contributed by atoms with Gasteiger partial charge < -0.3 is 5.32 Å². The smallest absolute Gasteiger partial charge is 0.00986 e. The van der Waals surface area contributed by atoms with Crippen LogP contribution in [0.1, 0.15) is 25.7 Å². The van der Waals surface area contributed by atoms with Crippen LogP contribution < -0.4 is 5.32 Å². The summed E-state index contributed by atoms with van der Waals surface area (Å²) in [5.41, 5.74) is 0. The highest BCUT2D eigenvalue weighted by Gasteiger charge is 2.28. The van der Waals surface area contributed by atoms with Crippen molar-refractivity contribution in [2.75, 3.05) is 6.54 Å². The number of fused-ring (bicyclic) bond motifs is 1. The average molecular weight is 124 g/mol. The first kappa shape index (κ1) is 5.72. The third-order valence-corrected chi connectivity index (χ3v) is 2.62. The van der Waals surface area contributed by atoms with Crippen LogP contribution >= 0.6 is 0 Å². The molecule has 2 unspecified atom stereocenters. The van der Waals surface area contributed by atoms with Crippen LogP contribution in [-0.4, -0.2) is 12.6 Å². The number of rotatable bonds is 0. The molecular weight excluding hydrogens is 110 g/mol. The minimum absolute atomic E-state index is 0.860. The second-order valence-electron chi connectivity index (χ2n) is 3.20. The van der Waals surface area contributed by atoms with Crippen LogP contribution in [0.4, 0.5) is 0 Å². The van der Waals surface area contributed by atoms with Gasteiger partial charge in [0, 0.05) is 6.04 Å². The van der Waals surface area contributed by atoms with E-state index in [4.69, 9.17) is 0 Å². The predicted molar refractivity (Wildman–Crippen MR) is 38.0 cm³/mol. The molecule has 1 heteroatoms. The molecule has 0 bridgehead atoms. The Kier molecular flexibility index (Phi) is 1.46. The maximum atomic E-state index is 3.50. The van der Waals surface area contributed by atoms with Gasteiger partial charge in [-0.15, -0.1) is 0 Å². The van der Waals surface area contributed by atoms with Gasteiger partial charge in [0.2, 0.25) is 0 Å². The summed E-state index contributed by atoms with van der Waals surface area (Å²) in [4.78, 5) is 0. The fourth-order valence-electron chi connectivity index (χ4n) is 2.07. The molecule has 2 aliphatic rings. The van der Waals surface area contributed by atoms with E-state index in [1.54, 1.807) is 0 Å². The van der Waals surface area contributed by atoms with Gasteiger partial charge in [0.25, 0.3) is 0 Å². The highest BCUT2D eigenvalue weighted by Crippen LogP contribution is 2.29. The summed E-state index contributed by atoms with van der Waals surface area (Å²) in [7, 11) is 0. The van der Waals surface area contributed by atoms with E-state index in [9.17, 15) is 0 Å². The number of hydrogen-bond donors (Lipinski definition) is 1. The average Bonchev–Trinajstić information content (AvgIpc) is 2.33. The molecule has 1 saturated heterocycles. The van der Waals surface area contributed by atoms with Gasteiger partial charge in [-0.3, -0.25) is 0 Å². The van der Waals surface area contributed by atoms with Crippen molar-refractivity contribution < 1.29 is 0 Å². The molecule has 9 heavy (non-hydrogen) atoms. The van der Waals surface area contributed by atoms with Gasteiger partial charge in [-0.25, -0.2) is 0 Å². The van der Waals surface area contributed by atoms with Crippen LogP contribution in [-0.2, 0) is 0 Å². The highest BCUT2D eigenvalue weighted by atomic mass is 15.0. The molecule has 1 aliphatic carbocycles. The fraction of sp³-hybridized carbons (Fsp3) is 0.875. The molecule has 1 saturated carbocycles. The van der Waals surface area contributed by atoms with Crippen LogP contribution in [0.15, 0.2) is 0 Å². The van der Waals surface area contributed by atoms with Crippen molar-refractivity contribution in [2.45, 2.75) is 31.7 Å². The van der Waals surface area contributed by atoms with E-state index in [0.717, 1.165) is 18.5 Å². The Hall–Kier alpha value is -0.0400. The summed E-state index contributed by atoms with van der Waals surface area (Å²) >= 11 is 0. The van der Waals surface area contributed by atoms with Crippen molar-refractivity contribution in [3.63, 3.8) is 0 Å². The van der Waals surface area contributed by atoms with E-state index < -0.39 is 0 Å². The van der Waals surface area contributed by atoms with Crippen LogP contribution in [0, 0.1) is 12.3 Å². The molecule has 2 rings (SSSR count). The van der Waals surface area contributed by atoms with E-state index in [2.05, 4.69) is 11.7 Å². The van der Waals surface area contributed by atoms with Crippen molar-refractivity contribution in [3.05, 3.63) is 6.42 Å². The normalized spacial score (nSPS) is 42.7. The lowest BCUT2D eigenvalue weighted by atomic mass is 9.86. The molecule has 0 spiro atoms. The Labute approximate surface area is 56.8 Å². The maximum absolute atomic E-state index is 3.50. The molecule has 1 nitrogen and oxygen atoms in total. The Balaban J connectivity index is 1.97. The maximum Gasteiger partial charge on any atom is 0.00986 e. The molecular formula is C8H14N. The van der Waals surface area contributed by atoms with Crippen LogP contribution in [0.5, 0.6) is 0 Å². The third kappa shape index (κ3) is 0.983. The zero-order chi connectivity index (χ0) is 6.10. The second-order valence-corrected chi connectivity index (χ2v) is 3.20. The van der Waals surface area contributed by atoms with Crippen LogP contribution in [0.2, 0.25) is 0 Å². The summed E-state index contributed by atoms with van der Waals surface area (Å²) in [5.74, 6) is 0.929. The van der Waals surface area contributed by atoms with Gasteiger partial charge in [0.05, 0.1) is 0 Å². The van der Waals surface area contributed by atoms with Gasteiger partial charge >= 0.3 is 0 Å². The fourth-order valence-corrected chi connectivity index (χ4v) is 2.07. The van der Waals surface area contributed by atoms with E-state index >= 15 is 0 Å². The Morgan fingerprint density at radius 2 is 2.11 bits per heavy atom. The molecule has 1 heterocycles. The van der Waals surface area contributed by atoms with Crippen LogP contribution in [0.3, 0.4) is 0 Å². The van der Waals surface area contributed by atoms with Crippen molar-refractivity contribution in [1.29, 1.82) is 0 Å². The molecule has 0 aromatic rings. The molecule has 51 valence electrons. The third-order valence-electron chi connectivity index (χ3n) is 2.62. The number of nitrogens with one attached hydrogen (secondary N) is 1. The lowest BCUT2D eigenvalue weighted by Gasteiger charge is -2.23.